The van der Waals surface area contributed by atoms with E-state index in [-0.39, 0.29) is 29.3 Å². The first-order chi connectivity index (χ1) is 14.8. The number of halogens is 2. The summed E-state index contributed by atoms with van der Waals surface area (Å²) in [6.45, 7) is 1.78. The molecule has 0 spiro atoms. The number of carbonyl (C=O) groups excluding carboxylic acids is 1. The van der Waals surface area contributed by atoms with E-state index in [1.807, 2.05) is 0 Å². The number of aryl methyl sites for hydroxylation is 1. The van der Waals surface area contributed by atoms with Crippen LogP contribution in [0.2, 0.25) is 0 Å². The van der Waals surface area contributed by atoms with Crippen molar-refractivity contribution in [2.45, 2.75) is 13.0 Å². The second-order valence-electron chi connectivity index (χ2n) is 7.00. The molecular weight excluding hydrogens is 406 g/mol. The topological polar surface area (TPSA) is 89.0 Å². The van der Waals surface area contributed by atoms with Gasteiger partial charge in [0.15, 0.2) is 11.6 Å². The highest BCUT2D eigenvalue weighted by Crippen LogP contribution is 2.25. The summed E-state index contributed by atoms with van der Waals surface area (Å²) in [7, 11) is 1.64. The molecule has 0 saturated carbocycles. The third-order valence-electron chi connectivity index (χ3n) is 4.90. The average molecular weight is 424 g/mol. The lowest BCUT2D eigenvalue weighted by atomic mass is 10.1. The second-order valence-corrected chi connectivity index (χ2v) is 7.00. The van der Waals surface area contributed by atoms with Gasteiger partial charge in [-0.15, -0.1) is 0 Å². The summed E-state index contributed by atoms with van der Waals surface area (Å²) in [5, 5.41) is 2.86. The van der Waals surface area contributed by atoms with Crippen LogP contribution in [0.25, 0.3) is 11.0 Å². The number of imidazole rings is 1. The Balaban J connectivity index is 1.46. The summed E-state index contributed by atoms with van der Waals surface area (Å²) >= 11 is 0. The maximum atomic E-state index is 13.7. The molecule has 1 amide bonds. The predicted octanol–water partition coefficient (Wildman–Crippen LogP) is 3.82. The molecule has 0 aliphatic rings. The van der Waals surface area contributed by atoms with Crippen LogP contribution in [0.15, 0.2) is 59.5 Å². The number of carbonyl (C=O) groups is 1. The van der Waals surface area contributed by atoms with Crippen molar-refractivity contribution in [1.29, 1.82) is 0 Å². The largest absolute Gasteiger partial charge is 0.436 e. The van der Waals surface area contributed by atoms with E-state index in [0.717, 1.165) is 6.07 Å². The first kappa shape index (κ1) is 20.3. The highest BCUT2D eigenvalue weighted by Gasteiger charge is 2.15. The van der Waals surface area contributed by atoms with Gasteiger partial charge in [0.05, 0.1) is 17.1 Å². The minimum absolute atomic E-state index is 0.0882. The normalized spacial score (nSPS) is 12.0. The van der Waals surface area contributed by atoms with Crippen LogP contribution in [-0.4, -0.2) is 20.4 Å². The SMILES string of the molecule is C[C@H](NC(=O)c1ccc2c(c1)[nH]c(=O)n2C)c1ccc(Oc2cccc(F)c2F)nc1. The fourth-order valence-electron chi connectivity index (χ4n) is 3.13. The molecule has 4 aromatic rings. The van der Waals surface area contributed by atoms with Crippen LogP contribution in [0.5, 0.6) is 11.6 Å². The Morgan fingerprint density at radius 1 is 1.19 bits per heavy atom. The van der Waals surface area contributed by atoms with Gasteiger partial charge < -0.3 is 15.0 Å². The van der Waals surface area contributed by atoms with Gasteiger partial charge in [-0.2, -0.15) is 4.39 Å². The van der Waals surface area contributed by atoms with E-state index in [1.54, 1.807) is 38.2 Å². The van der Waals surface area contributed by atoms with Crippen LogP contribution in [0, 0.1) is 11.6 Å². The molecule has 9 heteroatoms. The van der Waals surface area contributed by atoms with Crippen molar-refractivity contribution in [3.8, 4) is 11.6 Å². The Hall–Kier alpha value is -4.01. The van der Waals surface area contributed by atoms with Crippen LogP contribution in [0.3, 0.4) is 0 Å². The van der Waals surface area contributed by atoms with Gasteiger partial charge in [-0.05, 0) is 42.8 Å². The van der Waals surface area contributed by atoms with Crippen molar-refractivity contribution in [3.05, 3.63) is 88.0 Å². The highest BCUT2D eigenvalue weighted by molar-refractivity contribution is 5.97. The van der Waals surface area contributed by atoms with Gasteiger partial charge in [-0.3, -0.25) is 9.36 Å². The molecule has 0 unspecified atom stereocenters. The van der Waals surface area contributed by atoms with E-state index >= 15 is 0 Å². The third-order valence-corrected chi connectivity index (χ3v) is 4.90. The molecule has 2 aromatic heterocycles. The molecule has 7 nitrogen and oxygen atoms in total. The standard InChI is InChI=1S/C22H18F2N4O3/c1-12(26-21(29)13-6-8-17-16(10-13)27-22(30)28(17)2)14-7-9-19(25-11-14)31-18-5-3-4-15(23)20(18)24/h3-12H,1-2H3,(H,26,29)(H,27,30)/t12-/m0/s1. The molecule has 2 heterocycles. The summed E-state index contributed by atoms with van der Waals surface area (Å²) in [5.41, 5.74) is 2.10. The van der Waals surface area contributed by atoms with Crippen molar-refractivity contribution < 1.29 is 18.3 Å². The Bertz CT molecular complexity index is 1330. The van der Waals surface area contributed by atoms with Gasteiger partial charge in [0.2, 0.25) is 11.7 Å². The predicted molar refractivity (Wildman–Crippen MR) is 110 cm³/mol. The number of rotatable bonds is 5. The Morgan fingerprint density at radius 3 is 2.74 bits per heavy atom. The maximum absolute atomic E-state index is 13.7. The minimum atomic E-state index is -1.09. The second kappa shape index (κ2) is 8.02. The minimum Gasteiger partial charge on any atom is -0.436 e. The van der Waals surface area contributed by atoms with Crippen LogP contribution < -0.4 is 15.7 Å². The number of benzene rings is 2. The number of aromatic nitrogens is 3. The summed E-state index contributed by atoms with van der Waals surface area (Å²) in [6.07, 6.45) is 1.48. The molecule has 31 heavy (non-hydrogen) atoms. The van der Waals surface area contributed by atoms with Crippen molar-refractivity contribution in [1.82, 2.24) is 19.9 Å². The average Bonchev–Trinajstić information content (AvgIpc) is 3.05. The van der Waals surface area contributed by atoms with Gasteiger partial charge in [-0.25, -0.2) is 14.2 Å². The molecule has 0 aliphatic carbocycles. The zero-order chi connectivity index (χ0) is 22.1. The van der Waals surface area contributed by atoms with Crippen molar-refractivity contribution in [2.75, 3.05) is 0 Å². The first-order valence-electron chi connectivity index (χ1n) is 9.41. The monoisotopic (exact) mass is 424 g/mol. The summed E-state index contributed by atoms with van der Waals surface area (Å²) in [4.78, 5) is 31.1. The van der Waals surface area contributed by atoms with Crippen molar-refractivity contribution in [3.63, 3.8) is 0 Å². The molecule has 2 N–H and O–H groups in total. The molecule has 0 saturated heterocycles. The molecule has 2 aromatic carbocycles. The molecule has 0 radical (unpaired) electrons. The number of nitrogens with one attached hydrogen (secondary N) is 2. The van der Waals surface area contributed by atoms with E-state index in [4.69, 9.17) is 4.74 Å². The fourth-order valence-corrected chi connectivity index (χ4v) is 3.13. The maximum Gasteiger partial charge on any atom is 0.326 e. The van der Waals surface area contributed by atoms with Gasteiger partial charge in [0.1, 0.15) is 0 Å². The number of pyridine rings is 1. The summed E-state index contributed by atoms with van der Waals surface area (Å²) < 4.78 is 33.8. The Labute approximate surface area is 175 Å². The number of nitrogens with zero attached hydrogens (tertiary/aromatic N) is 2. The molecule has 0 aliphatic heterocycles. The van der Waals surface area contributed by atoms with Gasteiger partial charge in [-0.1, -0.05) is 12.1 Å². The van der Waals surface area contributed by atoms with E-state index < -0.39 is 11.6 Å². The van der Waals surface area contributed by atoms with Gasteiger partial charge in [0.25, 0.3) is 5.91 Å². The lowest BCUT2D eigenvalue weighted by Crippen LogP contribution is -2.26. The molecule has 0 fully saturated rings. The van der Waals surface area contributed by atoms with E-state index in [9.17, 15) is 18.4 Å². The fraction of sp³-hybridized carbons (Fsp3) is 0.136. The van der Waals surface area contributed by atoms with Crippen LogP contribution in [0.1, 0.15) is 28.9 Å². The molecule has 158 valence electrons. The molecule has 0 bridgehead atoms. The number of hydrogen-bond acceptors (Lipinski definition) is 4. The van der Waals surface area contributed by atoms with E-state index in [1.165, 1.54) is 29.0 Å². The van der Waals surface area contributed by atoms with Crippen molar-refractivity contribution >= 4 is 16.9 Å². The number of fused-ring (bicyclic) bond motifs is 1. The van der Waals surface area contributed by atoms with Gasteiger partial charge in [0, 0.05) is 24.9 Å². The smallest absolute Gasteiger partial charge is 0.326 e. The highest BCUT2D eigenvalue weighted by atomic mass is 19.2. The number of ether oxygens (including phenoxy) is 1. The van der Waals surface area contributed by atoms with Crippen LogP contribution in [0.4, 0.5) is 8.78 Å². The number of hydrogen-bond donors (Lipinski definition) is 2. The summed E-state index contributed by atoms with van der Waals surface area (Å²) in [5.74, 6) is -2.60. The van der Waals surface area contributed by atoms with E-state index in [2.05, 4.69) is 15.3 Å². The Kier molecular flexibility index (Phi) is 5.24. The zero-order valence-corrected chi connectivity index (χ0v) is 16.6. The molecular formula is C22H18F2N4O3. The third kappa shape index (κ3) is 4.02. The van der Waals surface area contributed by atoms with Crippen LogP contribution in [-0.2, 0) is 7.05 Å². The zero-order valence-electron chi connectivity index (χ0n) is 16.6. The van der Waals surface area contributed by atoms with E-state index in [0.29, 0.717) is 22.2 Å². The van der Waals surface area contributed by atoms with Gasteiger partial charge >= 0.3 is 5.69 Å². The van der Waals surface area contributed by atoms with Crippen LogP contribution >= 0.6 is 0 Å². The summed E-state index contributed by atoms with van der Waals surface area (Å²) in [6, 6.07) is 11.4. The quantitative estimate of drug-likeness (QED) is 0.510. The van der Waals surface area contributed by atoms with Crippen molar-refractivity contribution in [2.24, 2.45) is 7.05 Å². The Morgan fingerprint density at radius 2 is 2.00 bits per heavy atom. The lowest BCUT2D eigenvalue weighted by Gasteiger charge is -2.15. The lowest BCUT2D eigenvalue weighted by molar-refractivity contribution is 0.0940. The number of amides is 1. The number of aromatic amines is 1. The molecule has 4 rings (SSSR count). The molecule has 1 atom stereocenters. The number of H-pyrrole nitrogens is 1. The first-order valence-corrected chi connectivity index (χ1v) is 9.41.